The molecule has 6 nitrogen and oxygen atoms in total. The van der Waals surface area contributed by atoms with E-state index in [0.29, 0.717) is 36.1 Å². The Balaban J connectivity index is 1.79. The molecule has 0 aliphatic carbocycles. The van der Waals surface area contributed by atoms with E-state index in [4.69, 9.17) is 0 Å². The lowest BCUT2D eigenvalue weighted by molar-refractivity contribution is -0.144. The fourth-order valence-corrected chi connectivity index (χ4v) is 3.95. The van der Waals surface area contributed by atoms with E-state index in [2.05, 4.69) is 28.9 Å². The molecule has 1 aliphatic heterocycles. The number of aryl methyl sites for hydroxylation is 2. The number of hydrogen-bond donors (Lipinski definition) is 0. The maximum absolute atomic E-state index is 12.9. The Labute approximate surface area is 155 Å². The number of fused-ring (bicyclic) bond motifs is 1. The van der Waals surface area contributed by atoms with Crippen LogP contribution in [0.2, 0.25) is 0 Å². The summed E-state index contributed by atoms with van der Waals surface area (Å²) in [6, 6.07) is 0. The molecule has 0 radical (unpaired) electrons. The number of halogens is 3. The van der Waals surface area contributed by atoms with E-state index in [-0.39, 0.29) is 11.7 Å². The minimum Gasteiger partial charge on any atom is -0.342 e. The predicted octanol–water partition coefficient (Wildman–Crippen LogP) is 3.20. The monoisotopic (exact) mass is 383 g/mol. The van der Waals surface area contributed by atoms with Gasteiger partial charge in [-0.1, -0.05) is 13.8 Å². The van der Waals surface area contributed by atoms with Crippen molar-refractivity contribution in [3.8, 4) is 0 Å². The first-order valence-corrected chi connectivity index (χ1v) is 9.14. The van der Waals surface area contributed by atoms with Crippen LogP contribution in [0.4, 0.5) is 13.2 Å². The molecule has 1 amide bonds. The average Bonchev–Trinajstić information content (AvgIpc) is 2.98. The molecule has 148 valence electrons. The second kappa shape index (κ2) is 7.09. The lowest BCUT2D eigenvalue weighted by Crippen LogP contribution is -2.42. The number of piperidine rings is 1. The molecule has 2 unspecified atom stereocenters. The molecule has 1 saturated heterocycles. The van der Waals surface area contributed by atoms with Gasteiger partial charge in [-0.2, -0.15) is 18.2 Å². The zero-order valence-corrected chi connectivity index (χ0v) is 16.0. The maximum atomic E-state index is 12.9. The highest BCUT2D eigenvalue weighted by Crippen LogP contribution is 2.27. The predicted molar refractivity (Wildman–Crippen MR) is 93.1 cm³/mol. The third kappa shape index (κ3) is 4.06. The number of rotatable bonds is 3. The first-order valence-electron chi connectivity index (χ1n) is 9.14. The van der Waals surface area contributed by atoms with Crippen molar-refractivity contribution in [3.05, 3.63) is 22.8 Å². The molecule has 27 heavy (non-hydrogen) atoms. The van der Waals surface area contributed by atoms with Crippen molar-refractivity contribution in [1.82, 2.24) is 24.5 Å². The zero-order chi connectivity index (χ0) is 19.9. The topological polar surface area (TPSA) is 63.4 Å². The van der Waals surface area contributed by atoms with Crippen LogP contribution in [0.5, 0.6) is 0 Å². The lowest BCUT2D eigenvalue weighted by Gasteiger charge is -2.35. The van der Waals surface area contributed by atoms with E-state index in [1.165, 1.54) is 0 Å². The molecule has 2 aromatic rings. The van der Waals surface area contributed by atoms with Gasteiger partial charge in [-0.05, 0) is 44.1 Å². The smallest absolute Gasteiger partial charge is 0.342 e. The van der Waals surface area contributed by atoms with E-state index >= 15 is 0 Å². The van der Waals surface area contributed by atoms with Gasteiger partial charge in [0.1, 0.15) is 0 Å². The van der Waals surface area contributed by atoms with Gasteiger partial charge in [-0.3, -0.25) is 4.79 Å². The Bertz CT molecular complexity index is 851. The van der Waals surface area contributed by atoms with Crippen LogP contribution in [0.15, 0.2) is 0 Å². The van der Waals surface area contributed by atoms with Crippen molar-refractivity contribution < 1.29 is 18.0 Å². The first kappa shape index (κ1) is 19.6. The summed E-state index contributed by atoms with van der Waals surface area (Å²) in [5.41, 5.74) is 1.86. The Morgan fingerprint density at radius 3 is 2.37 bits per heavy atom. The van der Waals surface area contributed by atoms with Crippen LogP contribution < -0.4 is 0 Å². The molecule has 2 aromatic heterocycles. The minimum atomic E-state index is -4.62. The summed E-state index contributed by atoms with van der Waals surface area (Å²) in [7, 11) is 0. The summed E-state index contributed by atoms with van der Waals surface area (Å²) in [6.07, 6.45) is -2.78. The third-order valence-electron chi connectivity index (χ3n) is 5.11. The van der Waals surface area contributed by atoms with Gasteiger partial charge in [-0.25, -0.2) is 9.50 Å². The van der Waals surface area contributed by atoms with Crippen LogP contribution >= 0.6 is 0 Å². The number of hydrogen-bond acceptors (Lipinski definition) is 4. The highest BCUT2D eigenvalue weighted by atomic mass is 19.4. The van der Waals surface area contributed by atoms with Crippen molar-refractivity contribution in [1.29, 1.82) is 0 Å². The van der Waals surface area contributed by atoms with Crippen LogP contribution in [0, 0.1) is 25.7 Å². The molecule has 9 heteroatoms. The van der Waals surface area contributed by atoms with Crippen molar-refractivity contribution in [2.75, 3.05) is 13.1 Å². The van der Waals surface area contributed by atoms with Gasteiger partial charge in [0, 0.05) is 30.9 Å². The van der Waals surface area contributed by atoms with Crippen LogP contribution in [-0.2, 0) is 17.4 Å². The second-order valence-corrected chi connectivity index (χ2v) is 7.65. The summed E-state index contributed by atoms with van der Waals surface area (Å²) in [5, 5.41) is 3.54. The molecular formula is C18H24F3N5O. The van der Waals surface area contributed by atoms with Gasteiger partial charge in [0.2, 0.25) is 5.91 Å². The standard InChI is InChI=1S/C18H24F3N5O/c1-10-7-11(2)9-25(8-10)15(27)6-5-14-12(3)22-17-23-16(18(19,20)21)24-26(17)13(14)4/h10-11H,5-9H2,1-4H3. The fourth-order valence-electron chi connectivity index (χ4n) is 3.95. The summed E-state index contributed by atoms with van der Waals surface area (Å²) in [6.45, 7) is 9.21. The Morgan fingerprint density at radius 1 is 1.15 bits per heavy atom. The van der Waals surface area contributed by atoms with Crippen molar-refractivity contribution in [2.45, 2.75) is 53.1 Å². The van der Waals surface area contributed by atoms with Crippen molar-refractivity contribution in [2.24, 2.45) is 11.8 Å². The second-order valence-electron chi connectivity index (χ2n) is 7.65. The Morgan fingerprint density at radius 2 is 1.78 bits per heavy atom. The Kier molecular flexibility index (Phi) is 5.14. The summed E-state index contributed by atoms with van der Waals surface area (Å²) < 4.78 is 39.7. The van der Waals surface area contributed by atoms with Gasteiger partial charge in [0.15, 0.2) is 0 Å². The average molecular weight is 383 g/mol. The zero-order valence-electron chi connectivity index (χ0n) is 16.0. The quantitative estimate of drug-likeness (QED) is 0.817. The maximum Gasteiger partial charge on any atom is 0.453 e. The van der Waals surface area contributed by atoms with E-state index in [1.807, 2.05) is 4.90 Å². The first-order chi connectivity index (χ1) is 12.6. The molecule has 0 bridgehead atoms. The largest absolute Gasteiger partial charge is 0.453 e. The lowest BCUT2D eigenvalue weighted by atomic mass is 9.91. The van der Waals surface area contributed by atoms with Crippen LogP contribution in [-0.4, -0.2) is 43.5 Å². The molecule has 1 aliphatic rings. The number of carbonyl (C=O) groups is 1. The summed E-state index contributed by atoms with van der Waals surface area (Å²) in [4.78, 5) is 22.1. The van der Waals surface area contributed by atoms with Gasteiger partial charge in [0.05, 0.1) is 0 Å². The molecule has 3 rings (SSSR count). The Hall–Kier alpha value is -2.19. The van der Waals surface area contributed by atoms with E-state index in [9.17, 15) is 18.0 Å². The van der Waals surface area contributed by atoms with Gasteiger partial charge in [0.25, 0.3) is 11.6 Å². The van der Waals surface area contributed by atoms with E-state index in [1.54, 1.807) is 13.8 Å². The van der Waals surface area contributed by atoms with Crippen LogP contribution in [0.25, 0.3) is 5.78 Å². The van der Waals surface area contributed by atoms with Gasteiger partial charge >= 0.3 is 6.18 Å². The highest BCUT2D eigenvalue weighted by molar-refractivity contribution is 5.76. The van der Waals surface area contributed by atoms with E-state index in [0.717, 1.165) is 29.6 Å². The minimum absolute atomic E-state index is 0.0712. The number of aromatic nitrogens is 4. The van der Waals surface area contributed by atoms with Crippen molar-refractivity contribution >= 4 is 11.7 Å². The summed E-state index contributed by atoms with van der Waals surface area (Å²) >= 11 is 0. The normalized spacial score (nSPS) is 21.1. The fraction of sp³-hybridized carbons (Fsp3) is 0.667. The van der Waals surface area contributed by atoms with Gasteiger partial charge < -0.3 is 4.90 Å². The molecule has 1 fully saturated rings. The van der Waals surface area contributed by atoms with E-state index < -0.39 is 12.0 Å². The highest BCUT2D eigenvalue weighted by Gasteiger charge is 2.37. The van der Waals surface area contributed by atoms with Crippen molar-refractivity contribution in [3.63, 3.8) is 0 Å². The molecular weight excluding hydrogens is 359 g/mol. The molecule has 3 heterocycles. The van der Waals surface area contributed by atoms with Gasteiger partial charge in [-0.15, -0.1) is 5.10 Å². The number of nitrogens with zero attached hydrogens (tertiary/aromatic N) is 5. The molecule has 2 atom stereocenters. The SMILES string of the molecule is Cc1nc2nc(C(F)(F)F)nn2c(C)c1CCC(=O)N1CC(C)CC(C)C1. The number of likely N-dealkylation sites (tertiary alicyclic amines) is 1. The molecule has 0 N–H and O–H groups in total. The molecule has 0 saturated carbocycles. The molecule has 0 aromatic carbocycles. The van der Waals surface area contributed by atoms with Crippen LogP contribution in [0.1, 0.15) is 49.5 Å². The third-order valence-corrected chi connectivity index (χ3v) is 5.11. The molecule has 0 spiro atoms. The number of carbonyl (C=O) groups excluding carboxylic acids is 1. The summed E-state index contributed by atoms with van der Waals surface area (Å²) in [5.74, 6) is -0.250. The number of alkyl halides is 3. The number of amides is 1. The van der Waals surface area contributed by atoms with Crippen LogP contribution in [0.3, 0.4) is 0 Å².